The summed E-state index contributed by atoms with van der Waals surface area (Å²) < 4.78 is 0. The molecule has 0 heterocycles. The average molecular weight is 179 g/mol. The van der Waals surface area contributed by atoms with Crippen LogP contribution >= 0.6 is 24.4 Å². The second-order valence-electron chi connectivity index (χ2n) is 2.01. The first-order chi connectivity index (χ1) is 4.72. The summed E-state index contributed by atoms with van der Waals surface area (Å²) in [6.45, 7) is 1.95. The van der Waals surface area contributed by atoms with E-state index < -0.39 is 0 Å². The molecule has 0 saturated carbocycles. The average Bonchev–Trinajstić information content (AvgIpc) is 1.98. The summed E-state index contributed by atoms with van der Waals surface area (Å²) in [5, 5.41) is 0.213. The van der Waals surface area contributed by atoms with Gasteiger partial charge in [-0.05, 0) is 5.75 Å². The lowest BCUT2D eigenvalue weighted by atomic mass is 10.3. The molecule has 60 valence electrons. The van der Waals surface area contributed by atoms with Crippen molar-refractivity contribution >= 4 is 30.7 Å². The Hall–Kier alpha value is 0.330. The van der Waals surface area contributed by atoms with Gasteiger partial charge in [-0.1, -0.05) is 6.92 Å². The fourth-order valence-corrected chi connectivity index (χ4v) is 1.54. The number of carbonyl (C=O) groups is 1. The minimum absolute atomic E-state index is 0.213. The number of nitrogens with two attached hydrogens (primary N) is 1. The lowest BCUT2D eigenvalue weighted by Crippen LogP contribution is -2.31. The van der Waals surface area contributed by atoms with E-state index in [-0.39, 0.29) is 11.3 Å². The SMILES string of the molecule is CC(SCCS)[C@H](N)C=O. The summed E-state index contributed by atoms with van der Waals surface area (Å²) in [5.74, 6) is 1.78. The second-order valence-corrected chi connectivity index (χ2v) is 3.95. The minimum atomic E-state index is -0.329. The molecule has 0 fully saturated rings. The molecule has 2 N–H and O–H groups in total. The summed E-state index contributed by atoms with van der Waals surface area (Å²) in [7, 11) is 0. The lowest BCUT2D eigenvalue weighted by Gasteiger charge is -2.12. The number of aldehydes is 1. The maximum atomic E-state index is 10.2. The molecule has 10 heavy (non-hydrogen) atoms. The molecule has 0 amide bonds. The van der Waals surface area contributed by atoms with Crippen molar-refractivity contribution < 1.29 is 4.79 Å². The third-order valence-corrected chi connectivity index (χ3v) is 2.98. The maximum absolute atomic E-state index is 10.2. The summed E-state index contributed by atoms with van der Waals surface area (Å²) in [4.78, 5) is 10.2. The number of rotatable bonds is 5. The smallest absolute Gasteiger partial charge is 0.137 e. The Morgan fingerprint density at radius 3 is 2.80 bits per heavy atom. The van der Waals surface area contributed by atoms with E-state index in [1.807, 2.05) is 6.92 Å². The molecule has 0 aliphatic rings. The Morgan fingerprint density at radius 2 is 2.40 bits per heavy atom. The van der Waals surface area contributed by atoms with Gasteiger partial charge in [-0.3, -0.25) is 0 Å². The third kappa shape index (κ3) is 4.19. The molecule has 1 unspecified atom stereocenters. The lowest BCUT2D eigenvalue weighted by molar-refractivity contribution is -0.108. The number of carbonyl (C=O) groups excluding carboxylic acids is 1. The van der Waals surface area contributed by atoms with Crippen LogP contribution in [0.5, 0.6) is 0 Å². The van der Waals surface area contributed by atoms with E-state index in [1.165, 1.54) is 0 Å². The van der Waals surface area contributed by atoms with Gasteiger partial charge in [0.1, 0.15) is 6.29 Å². The van der Waals surface area contributed by atoms with Crippen LogP contribution in [0.15, 0.2) is 0 Å². The third-order valence-electron chi connectivity index (χ3n) is 1.17. The topological polar surface area (TPSA) is 43.1 Å². The van der Waals surface area contributed by atoms with Crippen LogP contribution in [-0.4, -0.2) is 29.1 Å². The molecular weight excluding hydrogens is 166 g/mol. The second kappa shape index (κ2) is 6.07. The van der Waals surface area contributed by atoms with Crippen molar-refractivity contribution in [1.82, 2.24) is 0 Å². The molecule has 4 heteroatoms. The Bertz CT molecular complexity index is 99.7. The minimum Gasteiger partial charge on any atom is -0.321 e. The molecule has 0 saturated heterocycles. The van der Waals surface area contributed by atoms with Crippen LogP contribution in [0.25, 0.3) is 0 Å². The maximum Gasteiger partial charge on any atom is 0.137 e. The van der Waals surface area contributed by atoms with Gasteiger partial charge in [-0.15, -0.1) is 0 Å². The highest BCUT2D eigenvalue weighted by atomic mass is 32.2. The Labute approximate surface area is 71.3 Å². The van der Waals surface area contributed by atoms with Crippen LogP contribution in [0.4, 0.5) is 0 Å². The molecular formula is C6H13NOS2. The van der Waals surface area contributed by atoms with Gasteiger partial charge >= 0.3 is 0 Å². The van der Waals surface area contributed by atoms with Gasteiger partial charge in [-0.25, -0.2) is 0 Å². The van der Waals surface area contributed by atoms with Gasteiger partial charge in [0.25, 0.3) is 0 Å². The van der Waals surface area contributed by atoms with Crippen molar-refractivity contribution in [3.05, 3.63) is 0 Å². The van der Waals surface area contributed by atoms with Crippen molar-refractivity contribution in [3.8, 4) is 0 Å². The zero-order chi connectivity index (χ0) is 7.98. The number of thioether (sulfide) groups is 1. The molecule has 0 radical (unpaired) electrons. The molecule has 0 rings (SSSR count). The van der Waals surface area contributed by atoms with Crippen molar-refractivity contribution in [2.45, 2.75) is 18.2 Å². The zero-order valence-corrected chi connectivity index (χ0v) is 7.70. The molecule has 0 aliphatic carbocycles. The largest absolute Gasteiger partial charge is 0.321 e. The number of thiol groups is 1. The summed E-state index contributed by atoms with van der Waals surface area (Å²) in [6.07, 6.45) is 0.788. The first-order valence-corrected chi connectivity index (χ1v) is 4.83. The highest BCUT2D eigenvalue weighted by Crippen LogP contribution is 2.11. The molecule has 2 atom stereocenters. The van der Waals surface area contributed by atoms with Crippen LogP contribution in [0, 0.1) is 0 Å². The van der Waals surface area contributed by atoms with Crippen LogP contribution in [0.3, 0.4) is 0 Å². The Morgan fingerprint density at radius 1 is 1.80 bits per heavy atom. The van der Waals surface area contributed by atoms with Gasteiger partial charge in [0, 0.05) is 11.0 Å². The van der Waals surface area contributed by atoms with Crippen molar-refractivity contribution in [2.24, 2.45) is 5.73 Å². The van der Waals surface area contributed by atoms with Crippen LogP contribution < -0.4 is 5.73 Å². The van der Waals surface area contributed by atoms with E-state index >= 15 is 0 Å². The van der Waals surface area contributed by atoms with Crippen molar-refractivity contribution in [2.75, 3.05) is 11.5 Å². The predicted molar refractivity (Wildman–Crippen MR) is 49.8 cm³/mol. The summed E-state index contributed by atoms with van der Waals surface area (Å²) in [6, 6.07) is -0.329. The fourth-order valence-electron chi connectivity index (χ4n) is 0.460. The number of hydrogen-bond acceptors (Lipinski definition) is 4. The van der Waals surface area contributed by atoms with Crippen molar-refractivity contribution in [3.63, 3.8) is 0 Å². The van der Waals surface area contributed by atoms with Crippen molar-refractivity contribution in [1.29, 1.82) is 0 Å². The van der Waals surface area contributed by atoms with Crippen LogP contribution in [-0.2, 0) is 4.79 Å². The quantitative estimate of drug-likeness (QED) is 0.479. The molecule has 0 spiro atoms. The molecule has 0 bridgehead atoms. The highest BCUT2D eigenvalue weighted by molar-refractivity contribution is 8.00. The zero-order valence-electron chi connectivity index (χ0n) is 5.99. The molecule has 0 aromatic rings. The normalized spacial score (nSPS) is 16.3. The van der Waals surface area contributed by atoms with Gasteiger partial charge in [-0.2, -0.15) is 24.4 Å². The Kier molecular flexibility index (Phi) is 6.27. The van der Waals surface area contributed by atoms with E-state index in [9.17, 15) is 4.79 Å². The first kappa shape index (κ1) is 10.3. The summed E-state index contributed by atoms with van der Waals surface area (Å²) >= 11 is 5.72. The van der Waals surface area contributed by atoms with E-state index in [1.54, 1.807) is 11.8 Å². The molecule has 0 aromatic carbocycles. The molecule has 2 nitrogen and oxygen atoms in total. The van der Waals surface area contributed by atoms with E-state index in [0.29, 0.717) is 0 Å². The first-order valence-electron chi connectivity index (χ1n) is 3.15. The van der Waals surface area contributed by atoms with Gasteiger partial charge in [0.2, 0.25) is 0 Å². The highest BCUT2D eigenvalue weighted by Gasteiger charge is 2.10. The van der Waals surface area contributed by atoms with Gasteiger partial charge in [0.15, 0.2) is 0 Å². The monoisotopic (exact) mass is 179 g/mol. The predicted octanol–water partition coefficient (Wildman–Crippen LogP) is 0.564. The standard InChI is InChI=1S/C6H13NOS2/c1-5(6(7)4-8)10-3-2-9/h4-6,9H,2-3,7H2,1H3/t5?,6-/m1/s1. The van der Waals surface area contributed by atoms with Gasteiger partial charge in [0.05, 0.1) is 6.04 Å². The number of hydrogen-bond donors (Lipinski definition) is 2. The molecule has 0 aromatic heterocycles. The molecule has 0 aliphatic heterocycles. The van der Waals surface area contributed by atoms with E-state index in [4.69, 9.17) is 5.73 Å². The van der Waals surface area contributed by atoms with E-state index in [2.05, 4.69) is 12.6 Å². The van der Waals surface area contributed by atoms with Gasteiger partial charge < -0.3 is 10.5 Å². The summed E-state index contributed by atoms with van der Waals surface area (Å²) in [5.41, 5.74) is 5.44. The van der Waals surface area contributed by atoms with Crippen LogP contribution in [0.2, 0.25) is 0 Å². The van der Waals surface area contributed by atoms with Crippen LogP contribution in [0.1, 0.15) is 6.92 Å². The fraction of sp³-hybridized carbons (Fsp3) is 0.833. The Balaban J connectivity index is 3.40. The van der Waals surface area contributed by atoms with E-state index in [0.717, 1.165) is 17.8 Å².